The van der Waals surface area contributed by atoms with Gasteiger partial charge in [-0.05, 0) is 16.7 Å². The van der Waals surface area contributed by atoms with Crippen LogP contribution in [-0.2, 0) is 27.4 Å². The molecule has 0 unspecified atom stereocenters. The maximum atomic E-state index is 9.11. The lowest BCUT2D eigenvalue weighted by molar-refractivity contribution is -0.190. The molecule has 5 atom stereocenters. The number of nitrogens with zero attached hydrogens (tertiary/aromatic N) is 3. The smallest absolute Gasteiger partial charge is 0.184 e. The topological polar surface area (TPSA) is 88.5 Å². The van der Waals surface area contributed by atoms with Gasteiger partial charge in [-0.1, -0.05) is 65.8 Å². The third kappa shape index (κ3) is 4.13. The van der Waals surface area contributed by atoms with Crippen LogP contribution < -0.4 is 5.32 Å². The molecule has 0 saturated carbocycles. The second-order valence-corrected chi connectivity index (χ2v) is 6.73. The van der Waals surface area contributed by atoms with Gasteiger partial charge in [-0.15, -0.1) is 0 Å². The van der Waals surface area contributed by atoms with Crippen molar-refractivity contribution in [1.29, 1.82) is 0 Å². The van der Waals surface area contributed by atoms with Crippen molar-refractivity contribution in [2.45, 2.75) is 43.7 Å². The van der Waals surface area contributed by atoms with Crippen molar-refractivity contribution >= 4 is 0 Å². The first kappa shape index (κ1) is 18.0. The maximum Gasteiger partial charge on any atom is 0.184 e. The van der Waals surface area contributed by atoms with Crippen LogP contribution in [0.2, 0.25) is 0 Å². The molecule has 1 N–H and O–H groups in total. The quantitative estimate of drug-likeness (QED) is 0.463. The average molecular weight is 366 g/mol. The Kier molecular flexibility index (Phi) is 5.67. The first-order valence-electron chi connectivity index (χ1n) is 9.09. The summed E-state index contributed by atoms with van der Waals surface area (Å²) in [5.41, 5.74) is 11.3. The molecule has 2 aromatic rings. The fraction of sp³-hybridized carbons (Fsp3) is 0.400. The molecule has 0 amide bonds. The third-order valence-corrected chi connectivity index (χ3v) is 4.96. The minimum absolute atomic E-state index is 0.161. The van der Waals surface area contributed by atoms with Gasteiger partial charge in [0.1, 0.15) is 6.10 Å². The lowest BCUT2D eigenvalue weighted by Crippen LogP contribution is -2.59. The molecule has 140 valence electrons. The van der Waals surface area contributed by atoms with E-state index >= 15 is 0 Å². The first-order chi connectivity index (χ1) is 13.3. The van der Waals surface area contributed by atoms with E-state index in [-0.39, 0.29) is 12.1 Å². The zero-order valence-corrected chi connectivity index (χ0v) is 14.8. The number of ether oxygens (including phenoxy) is 3. The summed E-state index contributed by atoms with van der Waals surface area (Å²) in [7, 11) is 0. The maximum absolute atomic E-state index is 9.11. The van der Waals surface area contributed by atoms with Crippen LogP contribution in [0.4, 0.5) is 0 Å². The minimum atomic E-state index is -0.510. The molecule has 7 nitrogen and oxygen atoms in total. The molecule has 7 heteroatoms. The Morgan fingerprint density at radius 1 is 1.07 bits per heavy atom. The lowest BCUT2D eigenvalue weighted by Gasteiger charge is -2.39. The highest BCUT2D eigenvalue weighted by molar-refractivity contribution is 5.16. The Bertz CT molecular complexity index is 725. The zero-order valence-electron chi connectivity index (χ0n) is 14.8. The van der Waals surface area contributed by atoms with Gasteiger partial charge in [0.25, 0.3) is 0 Å². The molecule has 2 aromatic carbocycles. The third-order valence-electron chi connectivity index (χ3n) is 4.96. The van der Waals surface area contributed by atoms with Gasteiger partial charge in [-0.3, -0.25) is 0 Å². The molecule has 27 heavy (non-hydrogen) atoms. The van der Waals surface area contributed by atoms with E-state index in [0.29, 0.717) is 19.8 Å². The van der Waals surface area contributed by atoms with E-state index in [1.165, 1.54) is 0 Å². The minimum Gasteiger partial charge on any atom is -0.368 e. The SMILES string of the molecule is [N-]=[N+]=N[C@H]1[C@H](NCc2ccccc2)[C@H]2CO[C@H](O2)[C@@H]1OCc1ccccc1. The van der Waals surface area contributed by atoms with Crippen LogP contribution in [-0.4, -0.2) is 37.2 Å². The summed E-state index contributed by atoms with van der Waals surface area (Å²) in [4.78, 5) is 3.06. The number of rotatable bonds is 7. The number of nitrogens with one attached hydrogen (secondary N) is 1. The van der Waals surface area contributed by atoms with Gasteiger partial charge >= 0.3 is 0 Å². The Morgan fingerprint density at radius 3 is 2.48 bits per heavy atom. The second kappa shape index (κ2) is 8.52. The van der Waals surface area contributed by atoms with Gasteiger partial charge in [0.05, 0.1) is 25.4 Å². The number of hydrogen-bond acceptors (Lipinski definition) is 5. The summed E-state index contributed by atoms with van der Waals surface area (Å²) < 4.78 is 17.8. The highest BCUT2D eigenvalue weighted by atomic mass is 16.7. The average Bonchev–Trinajstić information content (AvgIpc) is 3.14. The van der Waals surface area contributed by atoms with Crippen LogP contribution in [0.25, 0.3) is 10.4 Å². The van der Waals surface area contributed by atoms with Crippen LogP contribution in [0, 0.1) is 0 Å². The largest absolute Gasteiger partial charge is 0.368 e. The molecular weight excluding hydrogens is 344 g/mol. The van der Waals surface area contributed by atoms with Gasteiger partial charge in [0, 0.05) is 17.5 Å². The van der Waals surface area contributed by atoms with E-state index < -0.39 is 18.4 Å². The Morgan fingerprint density at radius 2 is 1.78 bits per heavy atom. The van der Waals surface area contributed by atoms with Crippen LogP contribution in [0.5, 0.6) is 0 Å². The van der Waals surface area contributed by atoms with Gasteiger partial charge in [-0.2, -0.15) is 0 Å². The van der Waals surface area contributed by atoms with Crippen molar-refractivity contribution in [2.24, 2.45) is 5.11 Å². The monoisotopic (exact) mass is 366 g/mol. The summed E-state index contributed by atoms with van der Waals surface area (Å²) in [6.45, 7) is 1.51. The predicted molar refractivity (Wildman–Crippen MR) is 99.6 cm³/mol. The van der Waals surface area contributed by atoms with E-state index in [2.05, 4.69) is 27.5 Å². The van der Waals surface area contributed by atoms with Crippen molar-refractivity contribution in [3.63, 3.8) is 0 Å². The number of azide groups is 1. The van der Waals surface area contributed by atoms with Gasteiger partial charge < -0.3 is 19.5 Å². The Hall–Kier alpha value is -2.41. The van der Waals surface area contributed by atoms with Gasteiger partial charge in [0.2, 0.25) is 0 Å². The highest BCUT2D eigenvalue weighted by Crippen LogP contribution is 2.32. The number of benzene rings is 2. The lowest BCUT2D eigenvalue weighted by atomic mass is 9.95. The number of hydrogen-bond donors (Lipinski definition) is 1. The van der Waals surface area contributed by atoms with E-state index in [9.17, 15) is 0 Å². The fourth-order valence-corrected chi connectivity index (χ4v) is 3.61. The molecule has 2 fully saturated rings. The number of fused-ring (bicyclic) bond motifs is 2. The molecule has 0 aromatic heterocycles. The summed E-state index contributed by atoms with van der Waals surface area (Å²) in [6, 6.07) is 19.4. The van der Waals surface area contributed by atoms with Crippen LogP contribution >= 0.6 is 0 Å². The normalized spacial score (nSPS) is 29.3. The highest BCUT2D eigenvalue weighted by Gasteiger charge is 2.50. The molecule has 0 aliphatic carbocycles. The van der Waals surface area contributed by atoms with E-state index in [4.69, 9.17) is 19.7 Å². The van der Waals surface area contributed by atoms with Crippen LogP contribution in [0.3, 0.4) is 0 Å². The van der Waals surface area contributed by atoms with Crippen molar-refractivity contribution in [2.75, 3.05) is 6.61 Å². The van der Waals surface area contributed by atoms with E-state index in [1.54, 1.807) is 0 Å². The predicted octanol–water partition coefficient (Wildman–Crippen LogP) is 3.16. The van der Waals surface area contributed by atoms with Crippen LogP contribution in [0.15, 0.2) is 65.8 Å². The van der Waals surface area contributed by atoms with E-state index in [1.807, 2.05) is 48.5 Å². The fourth-order valence-electron chi connectivity index (χ4n) is 3.61. The van der Waals surface area contributed by atoms with Crippen LogP contribution in [0.1, 0.15) is 11.1 Å². The first-order valence-corrected chi connectivity index (χ1v) is 9.09. The standard InChI is InChI=1S/C20H22N4O3/c21-24-23-18-17(22-11-14-7-3-1-4-8-14)16-13-26-20(27-16)19(18)25-12-15-9-5-2-6-10-15/h1-10,16-20,22H,11-13H2/t16-,17-,18+,19-,20-/m1/s1. The summed E-state index contributed by atoms with van der Waals surface area (Å²) in [6.07, 6.45) is -1.14. The molecule has 2 bridgehead atoms. The molecule has 2 aliphatic rings. The summed E-state index contributed by atoms with van der Waals surface area (Å²) in [5.74, 6) is 0. The van der Waals surface area contributed by atoms with Crippen molar-refractivity contribution in [1.82, 2.24) is 5.32 Å². The molecule has 4 rings (SSSR count). The van der Waals surface area contributed by atoms with Gasteiger partial charge in [0.15, 0.2) is 6.29 Å². The summed E-state index contributed by atoms with van der Waals surface area (Å²) in [5, 5.41) is 7.52. The second-order valence-electron chi connectivity index (χ2n) is 6.73. The summed E-state index contributed by atoms with van der Waals surface area (Å²) >= 11 is 0. The van der Waals surface area contributed by atoms with Crippen molar-refractivity contribution < 1.29 is 14.2 Å². The Balaban J connectivity index is 1.48. The van der Waals surface area contributed by atoms with Crippen molar-refractivity contribution in [3.8, 4) is 0 Å². The zero-order chi connectivity index (χ0) is 18.5. The molecule has 0 radical (unpaired) electrons. The van der Waals surface area contributed by atoms with Crippen molar-refractivity contribution in [3.05, 3.63) is 82.2 Å². The molecule has 2 saturated heterocycles. The van der Waals surface area contributed by atoms with Gasteiger partial charge in [-0.25, -0.2) is 0 Å². The molecule has 0 spiro atoms. The molecular formula is C20H22N4O3. The van der Waals surface area contributed by atoms with E-state index in [0.717, 1.165) is 11.1 Å². The molecule has 2 aliphatic heterocycles. The Labute approximate surface area is 157 Å². The molecule has 2 heterocycles.